The van der Waals surface area contributed by atoms with Gasteiger partial charge in [-0.1, -0.05) is 72.3 Å². The third-order valence-electron chi connectivity index (χ3n) is 6.06. The summed E-state index contributed by atoms with van der Waals surface area (Å²) in [6.45, 7) is 4.21. The molecule has 1 aliphatic heterocycles. The van der Waals surface area contributed by atoms with Gasteiger partial charge in [-0.3, -0.25) is 14.9 Å². The summed E-state index contributed by atoms with van der Waals surface area (Å²) in [6, 6.07) is 25.7. The predicted octanol–water partition coefficient (Wildman–Crippen LogP) is 5.70. The SMILES string of the molecule is Cc1cccc(COc2ccc3ccccc3c2/C=C2\C(=O)NC(=O)N(c3cccc(C)c3)C2=O)c1. The number of hydrogen-bond acceptors (Lipinski definition) is 4. The van der Waals surface area contributed by atoms with Gasteiger partial charge in [0.15, 0.2) is 0 Å². The molecule has 6 nitrogen and oxygen atoms in total. The molecule has 0 unspecified atom stereocenters. The molecule has 0 aliphatic carbocycles. The van der Waals surface area contributed by atoms with E-state index < -0.39 is 17.8 Å². The fourth-order valence-electron chi connectivity index (χ4n) is 4.32. The predicted molar refractivity (Wildman–Crippen MR) is 140 cm³/mol. The number of carbonyl (C=O) groups excluding carboxylic acids is 3. The van der Waals surface area contributed by atoms with E-state index in [1.165, 1.54) is 6.08 Å². The molecule has 1 fully saturated rings. The molecule has 0 spiro atoms. The molecule has 0 bridgehead atoms. The van der Waals surface area contributed by atoms with Crippen LogP contribution in [0, 0.1) is 13.8 Å². The first-order chi connectivity index (χ1) is 17.4. The van der Waals surface area contributed by atoms with Gasteiger partial charge in [0.1, 0.15) is 17.9 Å². The standard InChI is InChI=1S/C30H24N2O4/c1-19-7-5-9-21(15-19)18-36-27-14-13-22-10-3-4-12-24(22)25(27)17-26-28(33)31-30(35)32(29(26)34)23-11-6-8-20(2)16-23/h3-17H,18H2,1-2H3,(H,31,33,35)/b26-17+. The van der Waals surface area contributed by atoms with Gasteiger partial charge in [-0.05, 0) is 60.0 Å². The minimum atomic E-state index is -0.776. The Bertz CT molecular complexity index is 1550. The number of barbiturate groups is 1. The zero-order valence-electron chi connectivity index (χ0n) is 19.9. The van der Waals surface area contributed by atoms with Crippen molar-refractivity contribution in [2.75, 3.05) is 4.90 Å². The zero-order chi connectivity index (χ0) is 25.2. The lowest BCUT2D eigenvalue weighted by Crippen LogP contribution is -2.54. The molecule has 0 atom stereocenters. The summed E-state index contributed by atoms with van der Waals surface area (Å²) < 4.78 is 6.18. The molecule has 1 saturated heterocycles. The number of ether oxygens (including phenoxy) is 1. The Morgan fingerprint density at radius 3 is 2.36 bits per heavy atom. The number of benzene rings is 4. The van der Waals surface area contributed by atoms with E-state index in [-0.39, 0.29) is 5.57 Å². The maximum atomic E-state index is 13.5. The number of urea groups is 1. The van der Waals surface area contributed by atoms with Gasteiger partial charge < -0.3 is 4.74 Å². The highest BCUT2D eigenvalue weighted by Gasteiger charge is 2.37. The lowest BCUT2D eigenvalue weighted by Gasteiger charge is -2.26. The van der Waals surface area contributed by atoms with Gasteiger partial charge in [0.05, 0.1) is 5.69 Å². The van der Waals surface area contributed by atoms with Gasteiger partial charge >= 0.3 is 6.03 Å². The highest BCUT2D eigenvalue weighted by atomic mass is 16.5. The van der Waals surface area contributed by atoms with Gasteiger partial charge in [0.25, 0.3) is 11.8 Å². The molecular formula is C30H24N2O4. The van der Waals surface area contributed by atoms with Gasteiger partial charge in [-0.2, -0.15) is 0 Å². The minimum absolute atomic E-state index is 0.145. The molecule has 0 aromatic heterocycles. The van der Waals surface area contributed by atoms with Crippen LogP contribution < -0.4 is 15.0 Å². The lowest BCUT2D eigenvalue weighted by atomic mass is 9.99. The second kappa shape index (κ2) is 9.50. The fraction of sp³-hybridized carbons (Fsp3) is 0.100. The van der Waals surface area contributed by atoms with Crippen molar-refractivity contribution in [3.63, 3.8) is 0 Å². The molecule has 0 radical (unpaired) electrons. The number of carbonyl (C=O) groups is 3. The number of imide groups is 2. The number of rotatable bonds is 5. The van der Waals surface area contributed by atoms with E-state index >= 15 is 0 Å². The summed E-state index contributed by atoms with van der Waals surface area (Å²) in [5, 5.41) is 4.06. The number of nitrogens with zero attached hydrogens (tertiary/aromatic N) is 1. The zero-order valence-corrected chi connectivity index (χ0v) is 19.9. The summed E-state index contributed by atoms with van der Waals surface area (Å²) in [5.74, 6) is -0.902. The van der Waals surface area contributed by atoms with Gasteiger partial charge in [-0.25, -0.2) is 9.69 Å². The Kier molecular flexibility index (Phi) is 6.09. The number of fused-ring (bicyclic) bond motifs is 1. The van der Waals surface area contributed by atoms with Gasteiger partial charge in [0.2, 0.25) is 0 Å². The van der Waals surface area contributed by atoms with Crippen LogP contribution in [0.3, 0.4) is 0 Å². The van der Waals surface area contributed by atoms with Crippen LogP contribution in [0.15, 0.2) is 90.5 Å². The normalized spacial score (nSPS) is 14.9. The highest BCUT2D eigenvalue weighted by Crippen LogP contribution is 2.32. The number of aryl methyl sites for hydroxylation is 2. The van der Waals surface area contributed by atoms with Crippen molar-refractivity contribution in [3.8, 4) is 5.75 Å². The molecular weight excluding hydrogens is 452 g/mol. The van der Waals surface area contributed by atoms with Crippen molar-refractivity contribution in [1.29, 1.82) is 0 Å². The van der Waals surface area contributed by atoms with Crippen LogP contribution >= 0.6 is 0 Å². The van der Waals surface area contributed by atoms with Crippen molar-refractivity contribution in [2.24, 2.45) is 0 Å². The van der Waals surface area contributed by atoms with Gasteiger partial charge in [-0.15, -0.1) is 0 Å². The largest absolute Gasteiger partial charge is 0.488 e. The molecule has 6 heteroatoms. The Morgan fingerprint density at radius 1 is 0.833 bits per heavy atom. The Morgan fingerprint density at radius 2 is 1.58 bits per heavy atom. The van der Waals surface area contributed by atoms with E-state index in [0.29, 0.717) is 23.6 Å². The van der Waals surface area contributed by atoms with Crippen molar-refractivity contribution < 1.29 is 19.1 Å². The Hall–Kier alpha value is -4.71. The molecule has 1 aliphatic rings. The van der Waals surface area contributed by atoms with Crippen LogP contribution in [0.5, 0.6) is 5.75 Å². The average molecular weight is 477 g/mol. The molecule has 1 N–H and O–H groups in total. The van der Waals surface area contributed by atoms with E-state index in [2.05, 4.69) is 5.32 Å². The Labute approximate surface area is 208 Å². The second-order valence-electron chi connectivity index (χ2n) is 8.77. The molecule has 1 heterocycles. The minimum Gasteiger partial charge on any atom is -0.488 e. The molecule has 178 valence electrons. The highest BCUT2D eigenvalue weighted by molar-refractivity contribution is 6.39. The van der Waals surface area contributed by atoms with E-state index in [4.69, 9.17) is 4.74 Å². The van der Waals surface area contributed by atoms with E-state index in [1.54, 1.807) is 18.2 Å². The van der Waals surface area contributed by atoms with Crippen LogP contribution in [0.4, 0.5) is 10.5 Å². The molecule has 4 amide bonds. The molecule has 5 rings (SSSR count). The number of nitrogens with one attached hydrogen (secondary N) is 1. The van der Waals surface area contributed by atoms with Crippen molar-refractivity contribution in [3.05, 3.63) is 113 Å². The van der Waals surface area contributed by atoms with Crippen molar-refractivity contribution in [1.82, 2.24) is 5.32 Å². The monoisotopic (exact) mass is 476 g/mol. The van der Waals surface area contributed by atoms with Crippen molar-refractivity contribution in [2.45, 2.75) is 20.5 Å². The molecule has 36 heavy (non-hydrogen) atoms. The third-order valence-corrected chi connectivity index (χ3v) is 6.06. The second-order valence-corrected chi connectivity index (χ2v) is 8.77. The smallest absolute Gasteiger partial charge is 0.335 e. The maximum absolute atomic E-state index is 13.5. The summed E-state index contributed by atoms with van der Waals surface area (Å²) in [7, 11) is 0. The number of amides is 4. The average Bonchev–Trinajstić information content (AvgIpc) is 2.85. The first-order valence-electron chi connectivity index (χ1n) is 11.6. The number of hydrogen-bond donors (Lipinski definition) is 1. The Balaban J connectivity index is 1.59. The molecule has 4 aromatic rings. The summed E-state index contributed by atoms with van der Waals surface area (Å²) >= 11 is 0. The third kappa shape index (κ3) is 4.49. The van der Waals surface area contributed by atoms with Crippen LogP contribution in [-0.2, 0) is 16.2 Å². The van der Waals surface area contributed by atoms with E-state index in [9.17, 15) is 14.4 Å². The quantitative estimate of drug-likeness (QED) is 0.296. The van der Waals surface area contributed by atoms with Crippen LogP contribution in [-0.4, -0.2) is 17.8 Å². The van der Waals surface area contributed by atoms with Crippen LogP contribution in [0.25, 0.3) is 16.8 Å². The molecule has 4 aromatic carbocycles. The summed E-state index contributed by atoms with van der Waals surface area (Å²) in [4.78, 5) is 39.9. The topological polar surface area (TPSA) is 75.7 Å². The van der Waals surface area contributed by atoms with E-state index in [1.807, 2.05) is 80.6 Å². The first-order valence-corrected chi connectivity index (χ1v) is 11.6. The fourth-order valence-corrected chi connectivity index (χ4v) is 4.32. The lowest BCUT2D eigenvalue weighted by molar-refractivity contribution is -0.122. The van der Waals surface area contributed by atoms with Crippen molar-refractivity contribution >= 4 is 40.4 Å². The summed E-state index contributed by atoms with van der Waals surface area (Å²) in [5.41, 5.74) is 3.86. The summed E-state index contributed by atoms with van der Waals surface area (Å²) in [6.07, 6.45) is 1.51. The van der Waals surface area contributed by atoms with Crippen LogP contribution in [0.1, 0.15) is 22.3 Å². The van der Waals surface area contributed by atoms with Crippen LogP contribution in [0.2, 0.25) is 0 Å². The first kappa shape index (κ1) is 23.1. The van der Waals surface area contributed by atoms with E-state index in [0.717, 1.165) is 32.4 Å². The maximum Gasteiger partial charge on any atom is 0.335 e. The molecule has 0 saturated carbocycles. The van der Waals surface area contributed by atoms with Gasteiger partial charge in [0, 0.05) is 5.56 Å². The number of anilines is 1.